The number of halogens is 1. The van der Waals surface area contributed by atoms with Crippen LogP contribution in [-0.2, 0) is 0 Å². The van der Waals surface area contributed by atoms with Gasteiger partial charge in [-0.05, 0) is 71.3 Å². The number of aromatic nitrogens is 2. The summed E-state index contributed by atoms with van der Waals surface area (Å²) in [7, 11) is 0. The lowest BCUT2D eigenvalue weighted by atomic mass is 9.90. The number of nitrogens with zero attached hydrogens (tertiary/aromatic N) is 2. The van der Waals surface area contributed by atoms with Crippen molar-refractivity contribution in [2.75, 3.05) is 23.8 Å². The first-order valence-corrected chi connectivity index (χ1v) is 12.0. The second-order valence-corrected chi connectivity index (χ2v) is 9.25. The monoisotopic (exact) mass is 479 g/mol. The maximum atomic E-state index is 9.42. The van der Waals surface area contributed by atoms with Gasteiger partial charge in [-0.2, -0.15) is 4.98 Å². The lowest BCUT2D eigenvalue weighted by molar-refractivity contribution is 0.271. The molecule has 1 saturated carbocycles. The Hall–Kier alpha value is -1.35. The van der Waals surface area contributed by atoms with Crippen LogP contribution in [-0.4, -0.2) is 34.3 Å². The summed E-state index contributed by atoms with van der Waals surface area (Å²) >= 11 is 5.15. The molecule has 1 atom stereocenters. The van der Waals surface area contributed by atoms with Gasteiger partial charge >= 0.3 is 0 Å². The third-order valence-corrected chi connectivity index (χ3v) is 6.56. The Bertz CT molecular complexity index is 768. The molecule has 1 aliphatic rings. The molecule has 4 N–H and O–H groups in total. The third kappa shape index (κ3) is 7.13. The van der Waals surface area contributed by atoms with Crippen molar-refractivity contribution >= 4 is 45.3 Å². The smallest absolute Gasteiger partial charge is 0.229 e. The SMILES string of the molecule is CCC(CO)Nc1nc(Nc2cccc(SNCC3CCCCC3)c2)ncc1Br. The molecule has 1 aromatic carbocycles. The van der Waals surface area contributed by atoms with E-state index in [1.165, 1.54) is 32.1 Å². The summed E-state index contributed by atoms with van der Waals surface area (Å²) in [6.07, 6.45) is 9.36. The van der Waals surface area contributed by atoms with Gasteiger partial charge in [0.15, 0.2) is 0 Å². The molecule has 0 aliphatic heterocycles. The van der Waals surface area contributed by atoms with E-state index in [9.17, 15) is 5.11 Å². The van der Waals surface area contributed by atoms with Crippen molar-refractivity contribution in [1.29, 1.82) is 0 Å². The van der Waals surface area contributed by atoms with Gasteiger partial charge in [0.05, 0.1) is 17.1 Å². The van der Waals surface area contributed by atoms with Gasteiger partial charge in [0.25, 0.3) is 0 Å². The quantitative estimate of drug-likeness (QED) is 0.342. The Morgan fingerprint density at radius 1 is 1.28 bits per heavy atom. The molecule has 1 unspecified atom stereocenters. The van der Waals surface area contributed by atoms with E-state index in [-0.39, 0.29) is 12.6 Å². The molecule has 2 aromatic rings. The standard InChI is InChI=1S/C21H30BrN5OS/c1-2-16(14-28)25-20-19(22)13-23-21(27-20)26-17-9-6-10-18(11-17)29-24-12-15-7-4-3-5-8-15/h6,9-11,13,15-16,24,28H,2-5,7-8,12,14H2,1H3,(H2,23,25,26,27). The molecule has 1 heterocycles. The van der Waals surface area contributed by atoms with Gasteiger partial charge in [-0.3, -0.25) is 4.72 Å². The van der Waals surface area contributed by atoms with E-state index in [2.05, 4.69) is 53.4 Å². The van der Waals surface area contributed by atoms with E-state index >= 15 is 0 Å². The number of nitrogens with one attached hydrogen (secondary N) is 3. The summed E-state index contributed by atoms with van der Waals surface area (Å²) in [6, 6.07) is 8.20. The lowest BCUT2D eigenvalue weighted by Gasteiger charge is -2.21. The largest absolute Gasteiger partial charge is 0.394 e. The van der Waals surface area contributed by atoms with Crippen molar-refractivity contribution < 1.29 is 5.11 Å². The van der Waals surface area contributed by atoms with Crippen LogP contribution in [0, 0.1) is 5.92 Å². The van der Waals surface area contributed by atoms with Crippen LogP contribution in [0.25, 0.3) is 0 Å². The van der Waals surface area contributed by atoms with Crippen molar-refractivity contribution in [2.24, 2.45) is 5.92 Å². The summed E-state index contributed by atoms with van der Waals surface area (Å²) in [5.74, 6) is 1.99. The second kappa shape index (κ2) is 11.7. The Labute approximate surface area is 186 Å². The minimum Gasteiger partial charge on any atom is -0.394 e. The fraction of sp³-hybridized carbons (Fsp3) is 0.524. The van der Waals surface area contributed by atoms with Crippen LogP contribution in [0.4, 0.5) is 17.5 Å². The molecule has 0 saturated heterocycles. The summed E-state index contributed by atoms with van der Waals surface area (Å²) in [5.41, 5.74) is 0.942. The lowest BCUT2D eigenvalue weighted by Crippen LogP contribution is -2.23. The predicted molar refractivity (Wildman–Crippen MR) is 125 cm³/mol. The van der Waals surface area contributed by atoms with E-state index in [0.717, 1.165) is 33.9 Å². The van der Waals surface area contributed by atoms with Crippen LogP contribution >= 0.6 is 27.9 Å². The van der Waals surface area contributed by atoms with Gasteiger partial charge in [0.1, 0.15) is 5.82 Å². The van der Waals surface area contributed by atoms with Crippen molar-refractivity contribution in [2.45, 2.75) is 56.4 Å². The normalized spacial score (nSPS) is 15.8. The molecule has 0 bridgehead atoms. The second-order valence-electron chi connectivity index (χ2n) is 7.43. The molecule has 158 valence electrons. The zero-order valence-corrected chi connectivity index (χ0v) is 19.2. The first-order valence-electron chi connectivity index (χ1n) is 10.3. The first kappa shape index (κ1) is 22.3. The van der Waals surface area contributed by atoms with Gasteiger partial charge in [0.2, 0.25) is 5.95 Å². The van der Waals surface area contributed by atoms with Gasteiger partial charge in [-0.15, -0.1) is 0 Å². The maximum Gasteiger partial charge on any atom is 0.229 e. The number of hydrogen-bond donors (Lipinski definition) is 4. The number of aliphatic hydroxyl groups is 1. The molecular weight excluding hydrogens is 450 g/mol. The number of anilines is 3. The minimum absolute atomic E-state index is 0.0379. The van der Waals surface area contributed by atoms with Crippen LogP contribution in [0.5, 0.6) is 0 Å². The van der Waals surface area contributed by atoms with Gasteiger partial charge in [-0.1, -0.05) is 32.3 Å². The highest BCUT2D eigenvalue weighted by Gasteiger charge is 2.13. The van der Waals surface area contributed by atoms with Crippen molar-refractivity contribution in [3.63, 3.8) is 0 Å². The van der Waals surface area contributed by atoms with Crippen molar-refractivity contribution in [3.8, 4) is 0 Å². The Morgan fingerprint density at radius 3 is 2.86 bits per heavy atom. The van der Waals surface area contributed by atoms with Crippen LogP contribution in [0.3, 0.4) is 0 Å². The Balaban J connectivity index is 1.57. The third-order valence-electron chi connectivity index (χ3n) is 5.18. The average molecular weight is 480 g/mol. The number of rotatable bonds is 10. The Morgan fingerprint density at radius 2 is 2.10 bits per heavy atom. The molecule has 0 spiro atoms. The fourth-order valence-corrected chi connectivity index (χ4v) is 4.52. The zero-order chi connectivity index (χ0) is 20.5. The highest BCUT2D eigenvalue weighted by molar-refractivity contribution is 9.10. The van der Waals surface area contributed by atoms with Crippen LogP contribution in [0.15, 0.2) is 39.8 Å². The number of hydrogen-bond acceptors (Lipinski definition) is 7. The summed E-state index contributed by atoms with van der Waals surface area (Å²) < 4.78 is 4.30. The fourth-order valence-electron chi connectivity index (χ4n) is 3.40. The van der Waals surface area contributed by atoms with Gasteiger partial charge < -0.3 is 15.7 Å². The van der Waals surface area contributed by atoms with E-state index in [1.54, 1.807) is 18.1 Å². The van der Waals surface area contributed by atoms with Crippen LogP contribution in [0.2, 0.25) is 0 Å². The molecule has 1 fully saturated rings. The average Bonchev–Trinajstić information content (AvgIpc) is 2.75. The molecule has 0 amide bonds. The molecule has 6 nitrogen and oxygen atoms in total. The van der Waals surface area contributed by atoms with E-state index in [4.69, 9.17) is 0 Å². The Kier molecular flexibility index (Phi) is 9.04. The molecular formula is C21H30BrN5OS. The number of aliphatic hydroxyl groups excluding tert-OH is 1. The molecule has 29 heavy (non-hydrogen) atoms. The minimum atomic E-state index is -0.0379. The first-order chi connectivity index (χ1) is 14.2. The van der Waals surface area contributed by atoms with Gasteiger partial charge in [0, 0.05) is 23.3 Å². The van der Waals surface area contributed by atoms with Gasteiger partial charge in [-0.25, -0.2) is 4.98 Å². The van der Waals surface area contributed by atoms with Crippen molar-refractivity contribution in [3.05, 3.63) is 34.9 Å². The zero-order valence-electron chi connectivity index (χ0n) is 16.8. The molecule has 3 rings (SSSR count). The summed E-state index contributed by atoms with van der Waals surface area (Å²) in [4.78, 5) is 10.1. The highest BCUT2D eigenvalue weighted by atomic mass is 79.9. The van der Waals surface area contributed by atoms with Crippen LogP contribution in [0.1, 0.15) is 45.4 Å². The molecule has 8 heteroatoms. The molecule has 1 aromatic heterocycles. The maximum absolute atomic E-state index is 9.42. The highest BCUT2D eigenvalue weighted by Crippen LogP contribution is 2.26. The molecule has 0 radical (unpaired) electrons. The van der Waals surface area contributed by atoms with Crippen LogP contribution < -0.4 is 15.4 Å². The van der Waals surface area contributed by atoms with E-state index in [1.807, 2.05) is 19.1 Å². The predicted octanol–water partition coefficient (Wildman–Crippen LogP) is 5.34. The van der Waals surface area contributed by atoms with Crippen molar-refractivity contribution in [1.82, 2.24) is 14.7 Å². The molecule has 1 aliphatic carbocycles. The summed E-state index contributed by atoms with van der Waals surface area (Å²) in [5, 5.41) is 15.9. The van der Waals surface area contributed by atoms with E-state index in [0.29, 0.717) is 11.8 Å². The topological polar surface area (TPSA) is 82.1 Å². The summed E-state index contributed by atoms with van der Waals surface area (Å²) in [6.45, 7) is 3.15. The van der Waals surface area contributed by atoms with E-state index < -0.39 is 0 Å². The number of benzene rings is 1.